The molecule has 0 unspecified atom stereocenters. The number of ether oxygens (including phenoxy) is 2. The number of ketones is 1. The number of benzene rings is 2. The molecule has 0 bridgehead atoms. The molecule has 1 saturated heterocycles. The van der Waals surface area contributed by atoms with Crippen molar-refractivity contribution in [1.82, 2.24) is 4.90 Å². The molecule has 0 N–H and O–H groups in total. The monoisotopic (exact) mass is 399 g/mol. The Kier molecular flexibility index (Phi) is 4.79. The van der Waals surface area contributed by atoms with Gasteiger partial charge in [-0.2, -0.15) is 0 Å². The lowest BCUT2D eigenvalue weighted by molar-refractivity contribution is -0.00578. The van der Waals surface area contributed by atoms with Crippen molar-refractivity contribution >= 4 is 23.3 Å². The Labute approximate surface area is 169 Å². The second kappa shape index (κ2) is 7.13. The van der Waals surface area contributed by atoms with Gasteiger partial charge < -0.3 is 14.4 Å². The molecule has 1 fully saturated rings. The molecule has 2 aliphatic heterocycles. The lowest BCUT2D eigenvalue weighted by atomic mass is 9.82. The van der Waals surface area contributed by atoms with Crippen LogP contribution in [-0.4, -0.2) is 42.4 Å². The molecule has 0 aromatic heterocycles. The quantitative estimate of drug-likeness (QED) is 0.755. The van der Waals surface area contributed by atoms with Gasteiger partial charge in [0.25, 0.3) is 5.91 Å². The van der Waals surface area contributed by atoms with Crippen molar-refractivity contribution in [2.75, 3.05) is 20.2 Å². The number of carbonyl (C=O) groups excluding carboxylic acids is 2. The number of likely N-dealkylation sites (tertiary alicyclic amines) is 1. The Morgan fingerprint density at radius 2 is 1.93 bits per heavy atom. The predicted octanol–water partition coefficient (Wildman–Crippen LogP) is 4.30. The lowest BCUT2D eigenvalue weighted by Crippen LogP contribution is -2.52. The molecule has 2 aromatic carbocycles. The summed E-state index contributed by atoms with van der Waals surface area (Å²) in [4.78, 5) is 27.4. The van der Waals surface area contributed by atoms with Crippen molar-refractivity contribution < 1.29 is 19.1 Å². The summed E-state index contributed by atoms with van der Waals surface area (Å²) in [7, 11) is 1.56. The van der Waals surface area contributed by atoms with Gasteiger partial charge in [-0.1, -0.05) is 23.7 Å². The lowest BCUT2D eigenvalue weighted by Gasteiger charge is -2.44. The molecule has 6 heteroatoms. The Morgan fingerprint density at radius 1 is 1.21 bits per heavy atom. The molecule has 0 atom stereocenters. The molecule has 146 valence electrons. The minimum absolute atomic E-state index is 0.0488. The zero-order valence-electron chi connectivity index (χ0n) is 16.0. The molecule has 28 heavy (non-hydrogen) atoms. The maximum atomic E-state index is 12.9. The summed E-state index contributed by atoms with van der Waals surface area (Å²) in [5.41, 5.74) is 1.43. The topological polar surface area (TPSA) is 55.8 Å². The Morgan fingerprint density at radius 3 is 2.64 bits per heavy atom. The number of fused-ring (bicyclic) bond motifs is 1. The molecular formula is C22H22ClNO4. The third-order valence-electron chi connectivity index (χ3n) is 5.67. The van der Waals surface area contributed by atoms with Gasteiger partial charge in [-0.05, 0) is 36.8 Å². The third-order valence-corrected chi connectivity index (χ3v) is 6.08. The average Bonchev–Trinajstić information content (AvgIpc) is 2.70. The Balaban J connectivity index is 1.51. The van der Waals surface area contributed by atoms with Gasteiger partial charge in [-0.25, -0.2) is 0 Å². The van der Waals surface area contributed by atoms with Crippen molar-refractivity contribution in [1.29, 1.82) is 0 Å². The van der Waals surface area contributed by atoms with Gasteiger partial charge >= 0.3 is 0 Å². The fourth-order valence-electron chi connectivity index (χ4n) is 4.00. The number of hydrogen-bond acceptors (Lipinski definition) is 4. The predicted molar refractivity (Wildman–Crippen MR) is 107 cm³/mol. The first-order chi connectivity index (χ1) is 13.4. The van der Waals surface area contributed by atoms with E-state index in [1.807, 2.05) is 25.1 Å². The van der Waals surface area contributed by atoms with Gasteiger partial charge in [0, 0.05) is 31.0 Å². The van der Waals surface area contributed by atoms with E-state index in [2.05, 4.69) is 0 Å². The first kappa shape index (κ1) is 18.8. The van der Waals surface area contributed by atoms with Crippen LogP contribution >= 0.6 is 11.6 Å². The van der Waals surface area contributed by atoms with E-state index in [0.29, 0.717) is 60.0 Å². The highest BCUT2D eigenvalue weighted by Crippen LogP contribution is 2.41. The van der Waals surface area contributed by atoms with Crippen LogP contribution in [0.15, 0.2) is 36.4 Å². The number of carbonyl (C=O) groups is 2. The Hall–Kier alpha value is -2.53. The van der Waals surface area contributed by atoms with Gasteiger partial charge in [0.05, 0.1) is 24.7 Å². The van der Waals surface area contributed by atoms with E-state index in [1.54, 1.807) is 30.2 Å². The second-order valence-corrected chi connectivity index (χ2v) is 7.88. The van der Waals surface area contributed by atoms with Crippen LogP contribution < -0.4 is 9.47 Å². The highest BCUT2D eigenvalue weighted by atomic mass is 35.5. The molecule has 1 amide bonds. The van der Waals surface area contributed by atoms with Crippen LogP contribution in [0.25, 0.3) is 0 Å². The summed E-state index contributed by atoms with van der Waals surface area (Å²) in [6.07, 6.45) is 1.54. The van der Waals surface area contributed by atoms with Crippen LogP contribution in [0.5, 0.6) is 11.5 Å². The number of rotatable bonds is 2. The number of halogens is 1. The number of amides is 1. The fraction of sp³-hybridized carbons (Fsp3) is 0.364. The summed E-state index contributed by atoms with van der Waals surface area (Å²) < 4.78 is 11.6. The summed E-state index contributed by atoms with van der Waals surface area (Å²) in [5, 5.41) is 0.573. The molecule has 2 aromatic rings. The zero-order chi connectivity index (χ0) is 19.9. The van der Waals surface area contributed by atoms with Crippen LogP contribution in [0.2, 0.25) is 5.02 Å². The average molecular weight is 400 g/mol. The standard InChI is InChI=1S/C22H22ClNO4/c1-14-11-20-16(12-17(14)23)18(25)13-22(28-20)7-9-24(10-8-22)21(26)15-5-3-4-6-19(15)27-2/h3-6,11-12H,7-10,13H2,1-2H3. The molecule has 4 rings (SSSR count). The van der Waals surface area contributed by atoms with E-state index in [1.165, 1.54) is 0 Å². The second-order valence-electron chi connectivity index (χ2n) is 7.48. The number of hydrogen-bond donors (Lipinski definition) is 0. The largest absolute Gasteiger partial charge is 0.496 e. The van der Waals surface area contributed by atoms with Gasteiger partial charge in [0.2, 0.25) is 0 Å². The van der Waals surface area contributed by atoms with Crippen LogP contribution in [0.1, 0.15) is 45.5 Å². The van der Waals surface area contributed by atoms with Crippen molar-refractivity contribution in [3.63, 3.8) is 0 Å². The minimum Gasteiger partial charge on any atom is -0.496 e. The molecule has 5 nitrogen and oxygen atoms in total. The SMILES string of the molecule is COc1ccccc1C(=O)N1CCC2(CC1)CC(=O)c1cc(Cl)c(C)cc1O2. The molecule has 2 aliphatic rings. The normalized spacial score (nSPS) is 17.8. The van der Waals surface area contributed by atoms with Crippen LogP contribution in [0, 0.1) is 6.92 Å². The van der Waals surface area contributed by atoms with Crippen molar-refractivity contribution in [2.24, 2.45) is 0 Å². The maximum Gasteiger partial charge on any atom is 0.257 e. The summed E-state index contributed by atoms with van der Waals surface area (Å²) in [6, 6.07) is 10.8. The Bertz CT molecular complexity index is 948. The van der Waals surface area contributed by atoms with Crippen LogP contribution in [0.3, 0.4) is 0 Å². The van der Waals surface area contributed by atoms with E-state index in [4.69, 9.17) is 21.1 Å². The molecule has 2 heterocycles. The number of methoxy groups -OCH3 is 1. The zero-order valence-corrected chi connectivity index (χ0v) is 16.7. The van der Waals surface area contributed by atoms with E-state index in [-0.39, 0.29) is 11.7 Å². The summed E-state index contributed by atoms with van der Waals surface area (Å²) >= 11 is 6.16. The molecule has 0 aliphatic carbocycles. The maximum absolute atomic E-state index is 12.9. The van der Waals surface area contributed by atoms with Crippen LogP contribution in [0.4, 0.5) is 0 Å². The number of Topliss-reactive ketones (excluding diaryl/α,β-unsaturated/α-hetero) is 1. The minimum atomic E-state index is -0.554. The molecular weight excluding hydrogens is 378 g/mol. The number of nitrogens with zero attached hydrogens (tertiary/aromatic N) is 1. The van der Waals surface area contributed by atoms with E-state index >= 15 is 0 Å². The van der Waals surface area contributed by atoms with Crippen LogP contribution in [-0.2, 0) is 0 Å². The van der Waals surface area contributed by atoms with Gasteiger partial charge in [-0.15, -0.1) is 0 Å². The number of para-hydroxylation sites is 1. The number of piperidine rings is 1. The number of aryl methyl sites for hydroxylation is 1. The van der Waals surface area contributed by atoms with E-state index < -0.39 is 5.60 Å². The van der Waals surface area contributed by atoms with Gasteiger partial charge in [-0.3, -0.25) is 9.59 Å². The smallest absolute Gasteiger partial charge is 0.257 e. The van der Waals surface area contributed by atoms with Gasteiger partial charge in [0.15, 0.2) is 5.78 Å². The highest BCUT2D eigenvalue weighted by Gasteiger charge is 2.44. The first-order valence-corrected chi connectivity index (χ1v) is 9.75. The summed E-state index contributed by atoms with van der Waals surface area (Å²) in [6.45, 7) is 2.96. The van der Waals surface area contributed by atoms with Crippen molar-refractivity contribution in [3.8, 4) is 11.5 Å². The van der Waals surface area contributed by atoms with E-state index in [9.17, 15) is 9.59 Å². The molecule has 1 spiro atoms. The molecule has 0 saturated carbocycles. The summed E-state index contributed by atoms with van der Waals surface area (Å²) in [5.74, 6) is 1.16. The van der Waals surface area contributed by atoms with Crippen molar-refractivity contribution in [2.45, 2.75) is 31.8 Å². The first-order valence-electron chi connectivity index (χ1n) is 9.37. The van der Waals surface area contributed by atoms with Gasteiger partial charge in [0.1, 0.15) is 17.1 Å². The highest BCUT2D eigenvalue weighted by molar-refractivity contribution is 6.31. The van der Waals surface area contributed by atoms with E-state index in [0.717, 1.165) is 5.56 Å². The van der Waals surface area contributed by atoms with Crippen molar-refractivity contribution in [3.05, 3.63) is 58.1 Å². The fourth-order valence-corrected chi connectivity index (χ4v) is 4.17. The third kappa shape index (κ3) is 3.24. The molecule has 0 radical (unpaired) electrons.